The topological polar surface area (TPSA) is 0 Å². The number of halogens is 2. The Bertz CT molecular complexity index is 474. The van der Waals surface area contributed by atoms with Crippen molar-refractivity contribution in [3.8, 4) is 0 Å². The zero-order valence-electron chi connectivity index (χ0n) is 8.74. The van der Waals surface area contributed by atoms with Crippen LogP contribution in [0.2, 0.25) is 0 Å². The van der Waals surface area contributed by atoms with Crippen molar-refractivity contribution >= 4 is 51.3 Å². The van der Waals surface area contributed by atoms with Gasteiger partial charge in [0.2, 0.25) is 0 Å². The molecule has 0 aromatic heterocycles. The number of rotatable bonds is 0. The fraction of sp³-hybridized carbons (Fsp3) is 0.286. The molecule has 82 valence electrons. The first kappa shape index (κ1) is 11.3. The molecule has 0 N–H and O–H groups in total. The van der Waals surface area contributed by atoms with Gasteiger partial charge in [-0.25, -0.2) is 0 Å². The van der Waals surface area contributed by atoms with E-state index in [2.05, 4.69) is 87.7 Å². The van der Waals surface area contributed by atoms with Crippen LogP contribution in [0.25, 0.3) is 6.08 Å². The molecule has 0 saturated heterocycles. The van der Waals surface area contributed by atoms with Crippen molar-refractivity contribution < 1.29 is 0 Å². The summed E-state index contributed by atoms with van der Waals surface area (Å²) in [4.78, 5) is 0. The smallest absolute Gasteiger partial charge is 0.0295 e. The molecule has 3 rings (SSSR count). The molecule has 2 aliphatic carbocycles. The summed E-state index contributed by atoms with van der Waals surface area (Å²) < 4.78 is 2.03. The van der Waals surface area contributed by atoms with Crippen molar-refractivity contribution in [2.45, 2.75) is 16.3 Å². The van der Waals surface area contributed by atoms with Crippen LogP contribution in [0.4, 0.5) is 0 Å². The van der Waals surface area contributed by atoms with Gasteiger partial charge in [-0.15, -0.1) is 0 Å². The lowest BCUT2D eigenvalue weighted by molar-refractivity contribution is 0.528. The minimum atomic E-state index is 0.614. The Morgan fingerprint density at radius 1 is 1.12 bits per heavy atom. The van der Waals surface area contributed by atoms with Gasteiger partial charge in [-0.05, 0) is 58.2 Å². The van der Waals surface area contributed by atoms with Crippen LogP contribution in [0, 0.1) is 9.49 Å². The van der Waals surface area contributed by atoms with Crippen molar-refractivity contribution in [3.63, 3.8) is 0 Å². The van der Waals surface area contributed by atoms with E-state index in [1.54, 1.807) is 0 Å². The number of hydrogen-bond acceptors (Lipinski definition) is 0. The van der Waals surface area contributed by atoms with Gasteiger partial charge < -0.3 is 0 Å². The van der Waals surface area contributed by atoms with Crippen molar-refractivity contribution in [2.75, 3.05) is 0 Å². The number of hydrogen-bond donors (Lipinski definition) is 0. The maximum atomic E-state index is 2.53. The maximum absolute atomic E-state index is 2.53. The van der Waals surface area contributed by atoms with Gasteiger partial charge in [-0.2, -0.15) is 0 Å². The SMILES string of the molecule is Ic1ccc2c(c1)C=C[C@H]1CC(I)C=CC21. The fourth-order valence-corrected chi connectivity index (χ4v) is 3.96. The lowest BCUT2D eigenvalue weighted by atomic mass is 9.75. The molecule has 0 spiro atoms. The first-order chi connectivity index (χ1) is 7.74. The molecule has 0 aliphatic heterocycles. The summed E-state index contributed by atoms with van der Waals surface area (Å²) >= 11 is 4.91. The molecular weight excluding hydrogens is 422 g/mol. The van der Waals surface area contributed by atoms with Crippen molar-refractivity contribution in [1.29, 1.82) is 0 Å². The van der Waals surface area contributed by atoms with E-state index in [-0.39, 0.29) is 0 Å². The van der Waals surface area contributed by atoms with Gasteiger partial charge in [0.1, 0.15) is 0 Å². The third-order valence-corrected chi connectivity index (χ3v) is 5.01. The van der Waals surface area contributed by atoms with E-state index < -0.39 is 0 Å². The minimum Gasteiger partial charge on any atom is -0.0798 e. The maximum Gasteiger partial charge on any atom is 0.0295 e. The van der Waals surface area contributed by atoms with E-state index in [1.165, 1.54) is 21.1 Å². The molecule has 16 heavy (non-hydrogen) atoms. The molecule has 0 fully saturated rings. The Morgan fingerprint density at radius 3 is 2.88 bits per heavy atom. The number of fused-ring (bicyclic) bond motifs is 3. The quantitative estimate of drug-likeness (QED) is 0.314. The summed E-state index contributed by atoms with van der Waals surface area (Å²) in [6.45, 7) is 0. The molecule has 2 aliphatic rings. The van der Waals surface area contributed by atoms with Gasteiger partial charge in [-0.1, -0.05) is 53.0 Å². The second-order valence-electron chi connectivity index (χ2n) is 4.46. The predicted molar refractivity (Wildman–Crippen MR) is 86.0 cm³/mol. The molecule has 0 bridgehead atoms. The Morgan fingerprint density at radius 2 is 2.00 bits per heavy atom. The van der Waals surface area contributed by atoms with E-state index in [0.29, 0.717) is 15.8 Å². The molecule has 0 amide bonds. The highest BCUT2D eigenvalue weighted by Gasteiger charge is 2.28. The van der Waals surface area contributed by atoms with Gasteiger partial charge >= 0.3 is 0 Å². The molecule has 2 unspecified atom stereocenters. The summed E-state index contributed by atoms with van der Waals surface area (Å²) in [6, 6.07) is 6.81. The summed E-state index contributed by atoms with van der Waals surface area (Å²) in [7, 11) is 0. The van der Waals surface area contributed by atoms with Crippen LogP contribution >= 0.6 is 45.2 Å². The second-order valence-corrected chi connectivity index (χ2v) is 7.30. The number of benzene rings is 1. The van der Waals surface area contributed by atoms with Crippen LogP contribution in [0.1, 0.15) is 23.5 Å². The van der Waals surface area contributed by atoms with E-state index in [9.17, 15) is 0 Å². The van der Waals surface area contributed by atoms with Gasteiger partial charge in [0.05, 0.1) is 0 Å². The van der Waals surface area contributed by atoms with Crippen LogP contribution in [0.5, 0.6) is 0 Å². The fourth-order valence-electron chi connectivity index (χ4n) is 2.62. The highest BCUT2D eigenvalue weighted by Crippen LogP contribution is 2.41. The molecule has 0 radical (unpaired) electrons. The average Bonchev–Trinajstić information content (AvgIpc) is 2.28. The van der Waals surface area contributed by atoms with Crippen LogP contribution in [0.3, 0.4) is 0 Å². The Labute approximate surface area is 123 Å². The Kier molecular flexibility index (Phi) is 3.13. The largest absolute Gasteiger partial charge is 0.0798 e. The number of allylic oxidation sites excluding steroid dienone is 3. The molecular formula is C14H12I2. The Balaban J connectivity index is 2.07. The van der Waals surface area contributed by atoms with Gasteiger partial charge in [-0.3, -0.25) is 0 Å². The average molecular weight is 434 g/mol. The molecule has 2 heteroatoms. The normalized spacial score (nSPS) is 31.0. The molecule has 1 aromatic carbocycles. The highest BCUT2D eigenvalue weighted by molar-refractivity contribution is 14.1. The third-order valence-electron chi connectivity index (χ3n) is 3.42. The highest BCUT2D eigenvalue weighted by atomic mass is 127. The summed E-state index contributed by atoms with van der Waals surface area (Å²) in [5.41, 5.74) is 2.91. The summed E-state index contributed by atoms with van der Waals surface area (Å²) in [5.74, 6) is 1.32. The molecule has 1 aromatic rings. The Hall–Kier alpha value is 0.160. The van der Waals surface area contributed by atoms with E-state index >= 15 is 0 Å². The van der Waals surface area contributed by atoms with Gasteiger partial charge in [0.15, 0.2) is 0 Å². The van der Waals surface area contributed by atoms with Crippen LogP contribution in [-0.4, -0.2) is 3.92 Å². The molecule has 0 heterocycles. The second kappa shape index (κ2) is 4.44. The van der Waals surface area contributed by atoms with Crippen LogP contribution in [-0.2, 0) is 0 Å². The van der Waals surface area contributed by atoms with Crippen LogP contribution in [0.15, 0.2) is 36.4 Å². The standard InChI is InChI=1S/C14H12I2/c15-11-3-5-13-9(7-11)1-2-10-8-12(16)4-6-14(10)13/h1-7,10,12,14H,8H2/t10-,12?,14?/m0/s1. The van der Waals surface area contributed by atoms with E-state index in [4.69, 9.17) is 0 Å². The van der Waals surface area contributed by atoms with Crippen LogP contribution < -0.4 is 0 Å². The molecule has 0 saturated carbocycles. The summed E-state index contributed by atoms with van der Waals surface area (Å²) in [5, 5.41) is 0. The lowest BCUT2D eigenvalue weighted by Crippen LogP contribution is -2.20. The van der Waals surface area contributed by atoms with Crippen molar-refractivity contribution in [1.82, 2.24) is 0 Å². The third kappa shape index (κ3) is 1.98. The lowest BCUT2D eigenvalue weighted by Gasteiger charge is -2.32. The predicted octanol–water partition coefficient (Wildman–Crippen LogP) is 4.78. The summed E-state index contributed by atoms with van der Waals surface area (Å²) in [6.07, 6.45) is 10.8. The van der Waals surface area contributed by atoms with E-state index in [0.717, 1.165) is 0 Å². The van der Waals surface area contributed by atoms with Gasteiger partial charge in [0.25, 0.3) is 0 Å². The zero-order valence-corrected chi connectivity index (χ0v) is 13.1. The monoisotopic (exact) mass is 434 g/mol. The van der Waals surface area contributed by atoms with Crippen molar-refractivity contribution in [2.24, 2.45) is 5.92 Å². The molecule has 3 atom stereocenters. The first-order valence-electron chi connectivity index (χ1n) is 5.54. The van der Waals surface area contributed by atoms with E-state index in [1.807, 2.05) is 0 Å². The van der Waals surface area contributed by atoms with Crippen molar-refractivity contribution in [3.05, 3.63) is 51.1 Å². The number of alkyl halides is 1. The first-order valence-corrected chi connectivity index (χ1v) is 7.86. The zero-order chi connectivity index (χ0) is 11.1. The van der Waals surface area contributed by atoms with Gasteiger partial charge in [0, 0.05) is 13.4 Å². The minimum absolute atomic E-state index is 0.614. The molecule has 0 nitrogen and oxygen atoms in total.